The van der Waals surface area contributed by atoms with Crippen LogP contribution in [0.4, 0.5) is 0 Å². The monoisotopic (exact) mass is 135 g/mol. The van der Waals surface area contributed by atoms with E-state index in [-0.39, 0.29) is 0 Å². The molecule has 0 heterocycles. The molecule has 0 rings (SSSR count). The van der Waals surface area contributed by atoms with Crippen LogP contribution >= 0.6 is 12.2 Å². The van der Waals surface area contributed by atoms with Crippen LogP contribution in [0, 0.1) is 0 Å². The van der Waals surface area contributed by atoms with E-state index in [0.29, 0.717) is 6.04 Å². The van der Waals surface area contributed by atoms with E-state index in [1.807, 2.05) is 6.92 Å². The van der Waals surface area contributed by atoms with E-state index in [0.717, 1.165) is 6.61 Å². The molecule has 3 heteroatoms. The second-order valence-corrected chi connectivity index (χ2v) is 2.40. The third-order valence-electron chi connectivity index (χ3n) is 0.461. The molecule has 1 N–H and O–H groups in total. The molecule has 0 spiro atoms. The molecule has 50 valence electrons. The first-order valence-electron chi connectivity index (χ1n) is 2.81. The van der Waals surface area contributed by atoms with Crippen molar-refractivity contribution in [1.82, 2.24) is 4.72 Å². The Balaban J connectivity index is 2.72. The predicted molar refractivity (Wildman–Crippen MR) is 37.5 cm³/mol. The van der Waals surface area contributed by atoms with Crippen LogP contribution in [0.2, 0.25) is 0 Å². The molecule has 0 atom stereocenters. The summed E-state index contributed by atoms with van der Waals surface area (Å²) in [5, 5.41) is 0. The molecular formula is C5H13NOS. The highest BCUT2D eigenvalue weighted by atomic mass is 32.2. The molecule has 0 bridgehead atoms. The van der Waals surface area contributed by atoms with Gasteiger partial charge in [0.05, 0.1) is 18.8 Å². The van der Waals surface area contributed by atoms with Crippen LogP contribution in [-0.4, -0.2) is 12.6 Å². The summed E-state index contributed by atoms with van der Waals surface area (Å²) in [5.41, 5.74) is 0. The maximum absolute atomic E-state index is 4.95. The van der Waals surface area contributed by atoms with Crippen molar-refractivity contribution in [2.75, 3.05) is 6.61 Å². The van der Waals surface area contributed by atoms with E-state index in [1.54, 1.807) is 0 Å². The lowest BCUT2D eigenvalue weighted by Crippen LogP contribution is -2.14. The zero-order valence-electron chi connectivity index (χ0n) is 5.60. The van der Waals surface area contributed by atoms with E-state index >= 15 is 0 Å². The standard InChI is InChI=1S/C5H13NOS/c1-4-7-8-6-5(2)3/h5-6H,4H2,1-3H3. The number of rotatable bonds is 4. The van der Waals surface area contributed by atoms with Crippen LogP contribution in [0.25, 0.3) is 0 Å². The summed E-state index contributed by atoms with van der Waals surface area (Å²) in [4.78, 5) is 0. The smallest absolute Gasteiger partial charge is 0.0791 e. The van der Waals surface area contributed by atoms with E-state index < -0.39 is 0 Å². The zero-order chi connectivity index (χ0) is 6.41. The minimum absolute atomic E-state index is 0.492. The van der Waals surface area contributed by atoms with Crippen molar-refractivity contribution in [2.45, 2.75) is 26.8 Å². The Morgan fingerprint density at radius 1 is 1.62 bits per heavy atom. The minimum Gasteiger partial charge on any atom is -0.302 e. The molecule has 0 unspecified atom stereocenters. The first-order chi connectivity index (χ1) is 3.77. The van der Waals surface area contributed by atoms with Gasteiger partial charge in [-0.15, -0.1) is 0 Å². The van der Waals surface area contributed by atoms with Crippen molar-refractivity contribution in [3.63, 3.8) is 0 Å². The van der Waals surface area contributed by atoms with Crippen LogP contribution in [0.3, 0.4) is 0 Å². The molecule has 0 fully saturated rings. The molecule has 0 saturated carbocycles. The third-order valence-corrected chi connectivity index (χ3v) is 1.38. The van der Waals surface area contributed by atoms with Crippen molar-refractivity contribution in [3.05, 3.63) is 0 Å². The van der Waals surface area contributed by atoms with Gasteiger partial charge in [-0.1, -0.05) is 0 Å². The minimum atomic E-state index is 0.492. The molecule has 0 saturated heterocycles. The van der Waals surface area contributed by atoms with Gasteiger partial charge in [0.15, 0.2) is 0 Å². The van der Waals surface area contributed by atoms with Crippen LogP contribution in [0.15, 0.2) is 0 Å². The average Bonchev–Trinajstić information content (AvgIpc) is 1.66. The summed E-state index contributed by atoms with van der Waals surface area (Å²) in [7, 11) is 0. The second kappa shape index (κ2) is 5.41. The number of nitrogens with one attached hydrogen (secondary N) is 1. The molecule has 2 nitrogen and oxygen atoms in total. The SMILES string of the molecule is CCOSNC(C)C. The Hall–Kier alpha value is 0.270. The van der Waals surface area contributed by atoms with Crippen molar-refractivity contribution in [1.29, 1.82) is 0 Å². The maximum atomic E-state index is 4.95. The quantitative estimate of drug-likeness (QED) is 0.359. The van der Waals surface area contributed by atoms with Crippen LogP contribution in [0.5, 0.6) is 0 Å². The highest BCUT2D eigenvalue weighted by Crippen LogP contribution is 1.95. The van der Waals surface area contributed by atoms with E-state index in [4.69, 9.17) is 4.18 Å². The fourth-order valence-corrected chi connectivity index (χ4v) is 0.568. The van der Waals surface area contributed by atoms with Crippen molar-refractivity contribution in [2.24, 2.45) is 0 Å². The molecule has 0 aromatic rings. The molecule has 0 aliphatic rings. The zero-order valence-corrected chi connectivity index (χ0v) is 6.42. The van der Waals surface area contributed by atoms with Crippen LogP contribution in [-0.2, 0) is 4.18 Å². The average molecular weight is 135 g/mol. The molecular weight excluding hydrogens is 122 g/mol. The Kier molecular flexibility index (Phi) is 5.59. The molecule has 0 aliphatic carbocycles. The lowest BCUT2D eigenvalue weighted by atomic mass is 10.4. The highest BCUT2D eigenvalue weighted by molar-refractivity contribution is 7.92. The lowest BCUT2D eigenvalue weighted by molar-refractivity contribution is 0.395. The van der Waals surface area contributed by atoms with Gasteiger partial charge in [0.25, 0.3) is 0 Å². The van der Waals surface area contributed by atoms with Crippen LogP contribution in [0.1, 0.15) is 20.8 Å². The normalized spacial score (nSPS) is 10.5. The molecule has 0 radical (unpaired) electrons. The third kappa shape index (κ3) is 6.27. The fraction of sp³-hybridized carbons (Fsp3) is 1.00. The Labute approximate surface area is 55.3 Å². The maximum Gasteiger partial charge on any atom is 0.0791 e. The highest BCUT2D eigenvalue weighted by Gasteiger charge is 1.88. The lowest BCUT2D eigenvalue weighted by Gasteiger charge is -2.03. The topological polar surface area (TPSA) is 21.3 Å². The van der Waals surface area contributed by atoms with Gasteiger partial charge in [-0.25, -0.2) is 4.72 Å². The fourth-order valence-electron chi connectivity index (χ4n) is 0.189. The van der Waals surface area contributed by atoms with Crippen molar-refractivity contribution < 1.29 is 4.18 Å². The van der Waals surface area contributed by atoms with Gasteiger partial charge in [0.1, 0.15) is 0 Å². The largest absolute Gasteiger partial charge is 0.302 e. The Bertz CT molecular complexity index is 49.7. The molecule has 0 amide bonds. The molecule has 0 aliphatic heterocycles. The van der Waals surface area contributed by atoms with Gasteiger partial charge in [-0.2, -0.15) is 0 Å². The van der Waals surface area contributed by atoms with Gasteiger partial charge in [-0.05, 0) is 20.8 Å². The van der Waals surface area contributed by atoms with E-state index in [1.165, 1.54) is 12.2 Å². The van der Waals surface area contributed by atoms with Crippen LogP contribution < -0.4 is 4.72 Å². The van der Waals surface area contributed by atoms with Gasteiger partial charge in [0, 0.05) is 6.04 Å². The Morgan fingerprint density at radius 2 is 2.25 bits per heavy atom. The number of hydrogen-bond acceptors (Lipinski definition) is 3. The predicted octanol–water partition coefficient (Wildman–Crippen LogP) is 1.58. The Morgan fingerprint density at radius 3 is 2.62 bits per heavy atom. The van der Waals surface area contributed by atoms with Gasteiger partial charge in [0.2, 0.25) is 0 Å². The second-order valence-electron chi connectivity index (χ2n) is 1.76. The molecule has 8 heavy (non-hydrogen) atoms. The number of hydrogen-bond donors (Lipinski definition) is 1. The first-order valence-corrected chi connectivity index (χ1v) is 3.55. The summed E-state index contributed by atoms with van der Waals surface area (Å²) in [6, 6.07) is 0.492. The van der Waals surface area contributed by atoms with Gasteiger partial charge < -0.3 is 4.18 Å². The molecule has 0 aromatic carbocycles. The summed E-state index contributed by atoms with van der Waals surface area (Å²) >= 11 is 1.31. The van der Waals surface area contributed by atoms with E-state index in [2.05, 4.69) is 18.6 Å². The molecule has 0 aromatic heterocycles. The summed E-state index contributed by atoms with van der Waals surface area (Å²) in [6.45, 7) is 6.87. The summed E-state index contributed by atoms with van der Waals surface area (Å²) in [6.07, 6.45) is 0. The first kappa shape index (κ1) is 8.27. The summed E-state index contributed by atoms with van der Waals surface area (Å²) in [5.74, 6) is 0. The van der Waals surface area contributed by atoms with E-state index in [9.17, 15) is 0 Å². The van der Waals surface area contributed by atoms with Crippen molar-refractivity contribution in [3.8, 4) is 0 Å². The van der Waals surface area contributed by atoms with Gasteiger partial charge in [-0.3, -0.25) is 0 Å². The van der Waals surface area contributed by atoms with Gasteiger partial charge >= 0.3 is 0 Å². The summed E-state index contributed by atoms with van der Waals surface area (Å²) < 4.78 is 7.99. The van der Waals surface area contributed by atoms with Crippen molar-refractivity contribution >= 4 is 12.2 Å².